The number of piperidine rings is 1. The molecule has 0 saturated carbocycles. The first-order valence-electron chi connectivity index (χ1n) is 8.79. The fourth-order valence-electron chi connectivity index (χ4n) is 3.18. The zero-order chi connectivity index (χ0) is 20.0. The molecule has 150 valence electrons. The van der Waals surface area contributed by atoms with Crippen LogP contribution in [0.15, 0.2) is 22.7 Å². The van der Waals surface area contributed by atoms with E-state index < -0.39 is 26.7 Å². The summed E-state index contributed by atoms with van der Waals surface area (Å²) in [7, 11) is -0.473. The first kappa shape index (κ1) is 21.7. The van der Waals surface area contributed by atoms with Gasteiger partial charge in [0.2, 0.25) is 11.8 Å². The average Bonchev–Trinajstić information content (AvgIpc) is 2.65. The number of rotatable bonds is 7. The fraction of sp³-hybridized carbons (Fsp3) is 0.556. The number of halogens is 1. The molecular formula is C18H25BrN2O5S. The average molecular weight is 461 g/mol. The van der Waals surface area contributed by atoms with Gasteiger partial charge in [0.1, 0.15) is 11.5 Å². The van der Waals surface area contributed by atoms with Gasteiger partial charge < -0.3 is 15.0 Å². The van der Waals surface area contributed by atoms with E-state index in [1.54, 1.807) is 12.0 Å². The lowest BCUT2D eigenvalue weighted by Gasteiger charge is -2.31. The number of likely N-dealkylation sites (tertiary alicyclic amines) is 1. The minimum atomic E-state index is -3.48. The van der Waals surface area contributed by atoms with Crippen LogP contribution in [-0.4, -0.2) is 63.4 Å². The highest BCUT2D eigenvalue weighted by Gasteiger charge is 2.32. The van der Waals surface area contributed by atoms with Crippen molar-refractivity contribution in [2.45, 2.75) is 30.9 Å². The molecule has 0 aliphatic carbocycles. The third-order valence-corrected chi connectivity index (χ3v) is 7.41. The summed E-state index contributed by atoms with van der Waals surface area (Å²) in [6.07, 6.45) is 1.62. The van der Waals surface area contributed by atoms with Gasteiger partial charge in [-0.3, -0.25) is 9.59 Å². The van der Waals surface area contributed by atoms with E-state index in [1.165, 1.54) is 7.05 Å². The summed E-state index contributed by atoms with van der Waals surface area (Å²) < 4.78 is 30.8. The summed E-state index contributed by atoms with van der Waals surface area (Å²) >= 11 is 3.42. The van der Waals surface area contributed by atoms with Crippen molar-refractivity contribution in [3.05, 3.63) is 28.2 Å². The minimum absolute atomic E-state index is 0.000761. The predicted molar refractivity (Wildman–Crippen MR) is 106 cm³/mol. The Morgan fingerprint density at radius 2 is 1.96 bits per heavy atom. The van der Waals surface area contributed by atoms with Gasteiger partial charge in [-0.1, -0.05) is 15.9 Å². The van der Waals surface area contributed by atoms with E-state index in [2.05, 4.69) is 21.2 Å². The van der Waals surface area contributed by atoms with Crippen molar-refractivity contribution in [2.24, 2.45) is 0 Å². The SMILES string of the molecule is CNC(=O)CS(=O)(=O)C1CCN(C(=O)CCc2cc(Br)ccc2OC)CC1. The van der Waals surface area contributed by atoms with E-state index >= 15 is 0 Å². The van der Waals surface area contributed by atoms with Crippen molar-refractivity contribution in [3.63, 3.8) is 0 Å². The Bertz CT molecular complexity index is 789. The molecule has 1 aliphatic rings. The number of carbonyl (C=O) groups excluding carboxylic acids is 2. The molecule has 1 aromatic carbocycles. The molecule has 1 aromatic rings. The monoisotopic (exact) mass is 460 g/mol. The molecule has 0 radical (unpaired) electrons. The number of methoxy groups -OCH3 is 1. The molecule has 1 fully saturated rings. The number of amides is 2. The zero-order valence-electron chi connectivity index (χ0n) is 15.5. The third-order valence-electron chi connectivity index (χ3n) is 4.76. The maximum absolute atomic E-state index is 12.5. The second kappa shape index (κ2) is 9.54. The number of benzene rings is 1. The second-order valence-electron chi connectivity index (χ2n) is 6.52. The quantitative estimate of drug-likeness (QED) is 0.665. The second-order valence-corrected chi connectivity index (χ2v) is 9.71. The minimum Gasteiger partial charge on any atom is -0.496 e. The molecule has 2 rings (SSSR count). The number of ether oxygens (including phenoxy) is 1. The maximum Gasteiger partial charge on any atom is 0.234 e. The fourth-order valence-corrected chi connectivity index (χ4v) is 5.26. The normalized spacial score (nSPS) is 15.4. The van der Waals surface area contributed by atoms with Gasteiger partial charge in [-0.25, -0.2) is 8.42 Å². The zero-order valence-corrected chi connectivity index (χ0v) is 17.9. The topological polar surface area (TPSA) is 92.8 Å². The molecule has 1 N–H and O–H groups in total. The molecule has 27 heavy (non-hydrogen) atoms. The number of sulfone groups is 1. The van der Waals surface area contributed by atoms with Crippen LogP contribution in [0.25, 0.3) is 0 Å². The van der Waals surface area contributed by atoms with Crippen molar-refractivity contribution in [3.8, 4) is 5.75 Å². The Morgan fingerprint density at radius 3 is 2.56 bits per heavy atom. The van der Waals surface area contributed by atoms with Crippen LogP contribution in [0.3, 0.4) is 0 Å². The van der Waals surface area contributed by atoms with Crippen LogP contribution in [0.2, 0.25) is 0 Å². The van der Waals surface area contributed by atoms with Crippen LogP contribution in [0.4, 0.5) is 0 Å². The van der Waals surface area contributed by atoms with Gasteiger partial charge in [0, 0.05) is 31.0 Å². The van der Waals surface area contributed by atoms with Crippen molar-refractivity contribution in [1.29, 1.82) is 0 Å². The number of aryl methyl sites for hydroxylation is 1. The van der Waals surface area contributed by atoms with Crippen molar-refractivity contribution < 1.29 is 22.7 Å². The van der Waals surface area contributed by atoms with Crippen molar-refractivity contribution in [2.75, 3.05) is 33.0 Å². The molecular weight excluding hydrogens is 436 g/mol. The number of nitrogens with one attached hydrogen (secondary N) is 1. The molecule has 7 nitrogen and oxygen atoms in total. The van der Waals surface area contributed by atoms with Gasteiger partial charge in [0.25, 0.3) is 0 Å². The summed E-state index contributed by atoms with van der Waals surface area (Å²) in [5.74, 6) is -0.259. The number of nitrogens with zero attached hydrogens (tertiary/aromatic N) is 1. The van der Waals surface area contributed by atoms with Crippen LogP contribution in [0.5, 0.6) is 5.75 Å². The lowest BCUT2D eigenvalue weighted by atomic mass is 10.1. The van der Waals surface area contributed by atoms with Crippen LogP contribution >= 0.6 is 15.9 Å². The van der Waals surface area contributed by atoms with Gasteiger partial charge in [0.05, 0.1) is 12.4 Å². The molecule has 2 amide bonds. The van der Waals surface area contributed by atoms with Crippen LogP contribution in [-0.2, 0) is 25.8 Å². The van der Waals surface area contributed by atoms with E-state index in [0.717, 1.165) is 15.8 Å². The Labute approximate surface area is 168 Å². The molecule has 1 saturated heterocycles. The molecule has 0 atom stereocenters. The van der Waals surface area contributed by atoms with Gasteiger partial charge in [-0.2, -0.15) is 0 Å². The summed E-state index contributed by atoms with van der Waals surface area (Å²) in [5, 5.41) is 1.77. The van der Waals surface area contributed by atoms with Crippen molar-refractivity contribution >= 4 is 37.6 Å². The van der Waals surface area contributed by atoms with Crippen molar-refractivity contribution in [1.82, 2.24) is 10.2 Å². The molecule has 1 aliphatic heterocycles. The third kappa shape index (κ3) is 5.93. The maximum atomic E-state index is 12.5. The highest BCUT2D eigenvalue weighted by molar-refractivity contribution is 9.10. The smallest absolute Gasteiger partial charge is 0.234 e. The molecule has 0 bridgehead atoms. The summed E-state index contributed by atoms with van der Waals surface area (Å²) in [6.45, 7) is 0.790. The van der Waals surface area contributed by atoms with E-state index in [1.807, 2.05) is 18.2 Å². The molecule has 1 heterocycles. The highest BCUT2D eigenvalue weighted by Crippen LogP contribution is 2.25. The standard InChI is InChI=1S/C18H25BrN2O5S/c1-20-17(22)12-27(24,25)15-7-9-21(10-8-15)18(23)6-3-13-11-14(19)4-5-16(13)26-2/h4-5,11,15H,3,6-10,12H2,1-2H3,(H,20,22). The Kier molecular flexibility index (Phi) is 7.67. The van der Waals surface area contributed by atoms with Gasteiger partial charge in [0.15, 0.2) is 9.84 Å². The summed E-state index contributed by atoms with van der Waals surface area (Å²) in [4.78, 5) is 25.6. The Balaban J connectivity index is 1.88. The first-order valence-corrected chi connectivity index (χ1v) is 11.3. The molecule has 0 aromatic heterocycles. The number of hydrogen-bond donors (Lipinski definition) is 1. The van der Waals surface area contributed by atoms with E-state index in [-0.39, 0.29) is 5.91 Å². The number of carbonyl (C=O) groups is 2. The largest absolute Gasteiger partial charge is 0.496 e. The predicted octanol–water partition coefficient (Wildman–Crippen LogP) is 1.54. The van der Waals surface area contributed by atoms with Crippen LogP contribution in [0.1, 0.15) is 24.8 Å². The molecule has 9 heteroatoms. The number of hydrogen-bond acceptors (Lipinski definition) is 5. The van der Waals surface area contributed by atoms with Crippen LogP contribution in [0, 0.1) is 0 Å². The highest BCUT2D eigenvalue weighted by atomic mass is 79.9. The Morgan fingerprint density at radius 1 is 1.30 bits per heavy atom. The first-order chi connectivity index (χ1) is 12.8. The molecule has 0 unspecified atom stereocenters. The summed E-state index contributed by atoms with van der Waals surface area (Å²) in [6, 6.07) is 5.67. The van der Waals surface area contributed by atoms with E-state index in [4.69, 9.17) is 4.74 Å². The van der Waals surface area contributed by atoms with E-state index in [9.17, 15) is 18.0 Å². The van der Waals surface area contributed by atoms with E-state index in [0.29, 0.717) is 38.8 Å². The van der Waals surface area contributed by atoms with Gasteiger partial charge in [-0.15, -0.1) is 0 Å². The molecule has 0 spiro atoms. The van der Waals surface area contributed by atoms with Crippen LogP contribution < -0.4 is 10.1 Å². The lowest BCUT2D eigenvalue weighted by Crippen LogP contribution is -2.44. The van der Waals surface area contributed by atoms with Gasteiger partial charge >= 0.3 is 0 Å². The summed E-state index contributed by atoms with van der Waals surface area (Å²) in [5.41, 5.74) is 0.947. The van der Waals surface area contributed by atoms with Gasteiger partial charge in [-0.05, 0) is 43.0 Å². The lowest BCUT2D eigenvalue weighted by molar-refractivity contribution is -0.132. The Hall–Kier alpha value is -1.61.